The summed E-state index contributed by atoms with van der Waals surface area (Å²) in [5.74, 6) is 0.842. The van der Waals surface area contributed by atoms with Gasteiger partial charge >= 0.3 is 0 Å². The van der Waals surface area contributed by atoms with Crippen LogP contribution in [0.2, 0.25) is 5.02 Å². The van der Waals surface area contributed by atoms with Crippen molar-refractivity contribution in [2.24, 2.45) is 7.05 Å². The van der Waals surface area contributed by atoms with Crippen molar-refractivity contribution >= 4 is 21.6 Å². The van der Waals surface area contributed by atoms with Crippen LogP contribution in [-0.4, -0.2) is 34.5 Å². The Hall–Kier alpha value is -2.16. The van der Waals surface area contributed by atoms with Gasteiger partial charge in [0.1, 0.15) is 22.5 Å². The standard InChI is InChI=1S/C17H19ClN4O3S/c1-11-16(12(2)25-20-11)26(23,24)22(4)15(17-19-9-10-21(17)3)13-5-7-14(18)8-6-13/h5-10,15H,1-4H3. The zero-order valence-corrected chi connectivity index (χ0v) is 16.4. The molecule has 0 N–H and O–H groups in total. The molecule has 0 amide bonds. The highest BCUT2D eigenvalue weighted by atomic mass is 35.5. The summed E-state index contributed by atoms with van der Waals surface area (Å²) in [6, 6.07) is 6.40. The first-order valence-electron chi connectivity index (χ1n) is 7.87. The molecule has 9 heteroatoms. The van der Waals surface area contributed by atoms with E-state index in [2.05, 4.69) is 10.1 Å². The molecular formula is C17H19ClN4O3S. The number of rotatable bonds is 5. The van der Waals surface area contributed by atoms with E-state index < -0.39 is 16.1 Å². The maximum absolute atomic E-state index is 13.3. The maximum Gasteiger partial charge on any atom is 0.249 e. The minimum Gasteiger partial charge on any atom is -0.360 e. The van der Waals surface area contributed by atoms with Crippen molar-refractivity contribution in [1.82, 2.24) is 19.0 Å². The lowest BCUT2D eigenvalue weighted by Crippen LogP contribution is -2.34. The molecule has 0 aliphatic heterocycles. The third kappa shape index (κ3) is 3.15. The summed E-state index contributed by atoms with van der Waals surface area (Å²) in [5, 5.41) is 4.34. The van der Waals surface area contributed by atoms with E-state index in [0.29, 0.717) is 16.5 Å². The molecule has 26 heavy (non-hydrogen) atoms. The van der Waals surface area contributed by atoms with E-state index in [9.17, 15) is 8.42 Å². The number of halogens is 1. The molecule has 3 aromatic rings. The number of benzene rings is 1. The quantitative estimate of drug-likeness (QED) is 0.664. The van der Waals surface area contributed by atoms with Crippen molar-refractivity contribution in [3.8, 4) is 0 Å². The van der Waals surface area contributed by atoms with Gasteiger partial charge in [0.2, 0.25) is 10.0 Å². The van der Waals surface area contributed by atoms with Crippen LogP contribution in [-0.2, 0) is 17.1 Å². The fourth-order valence-corrected chi connectivity index (χ4v) is 4.65. The van der Waals surface area contributed by atoms with Gasteiger partial charge in [-0.25, -0.2) is 13.4 Å². The van der Waals surface area contributed by atoms with Gasteiger partial charge in [-0.3, -0.25) is 0 Å². The molecule has 1 unspecified atom stereocenters. The number of nitrogens with zero attached hydrogens (tertiary/aromatic N) is 4. The lowest BCUT2D eigenvalue weighted by atomic mass is 10.1. The van der Waals surface area contributed by atoms with Crippen molar-refractivity contribution in [1.29, 1.82) is 0 Å². The Kier molecular flexibility index (Phi) is 4.92. The Bertz CT molecular complexity index is 1010. The van der Waals surface area contributed by atoms with E-state index in [0.717, 1.165) is 5.56 Å². The van der Waals surface area contributed by atoms with Gasteiger partial charge in [0, 0.05) is 31.5 Å². The molecule has 0 saturated carbocycles. The summed E-state index contributed by atoms with van der Waals surface area (Å²) < 4.78 is 34.7. The van der Waals surface area contributed by atoms with Crippen LogP contribution in [0.25, 0.3) is 0 Å². The lowest BCUT2D eigenvalue weighted by Gasteiger charge is -2.27. The molecule has 3 rings (SSSR count). The molecule has 0 radical (unpaired) electrons. The van der Waals surface area contributed by atoms with E-state index in [1.807, 2.05) is 7.05 Å². The van der Waals surface area contributed by atoms with E-state index in [4.69, 9.17) is 16.1 Å². The molecule has 1 aromatic carbocycles. The average molecular weight is 395 g/mol. The number of imidazole rings is 1. The van der Waals surface area contributed by atoms with Crippen LogP contribution in [0.5, 0.6) is 0 Å². The first kappa shape index (κ1) is 18.6. The van der Waals surface area contributed by atoms with E-state index >= 15 is 0 Å². The van der Waals surface area contributed by atoms with Crippen molar-refractivity contribution in [2.75, 3.05) is 7.05 Å². The minimum atomic E-state index is -3.87. The predicted octanol–water partition coefficient (Wildman–Crippen LogP) is 3.09. The zero-order chi connectivity index (χ0) is 19.1. The molecule has 1 atom stereocenters. The summed E-state index contributed by atoms with van der Waals surface area (Å²) in [6.07, 6.45) is 3.41. The molecule has 2 aromatic heterocycles. The van der Waals surface area contributed by atoms with Crippen molar-refractivity contribution < 1.29 is 12.9 Å². The first-order chi connectivity index (χ1) is 12.2. The Labute approximate surface area is 157 Å². The second-order valence-electron chi connectivity index (χ2n) is 6.02. The number of aromatic nitrogens is 3. The van der Waals surface area contributed by atoms with Crippen LogP contribution < -0.4 is 0 Å². The highest BCUT2D eigenvalue weighted by molar-refractivity contribution is 7.89. The van der Waals surface area contributed by atoms with Crippen LogP contribution in [0.3, 0.4) is 0 Å². The van der Waals surface area contributed by atoms with Gasteiger partial charge in [0.25, 0.3) is 0 Å². The second-order valence-corrected chi connectivity index (χ2v) is 8.40. The topological polar surface area (TPSA) is 81.2 Å². The Morgan fingerprint density at radius 3 is 2.38 bits per heavy atom. The van der Waals surface area contributed by atoms with Crippen LogP contribution in [0, 0.1) is 13.8 Å². The van der Waals surface area contributed by atoms with Crippen molar-refractivity contribution in [3.05, 3.63) is 64.5 Å². The van der Waals surface area contributed by atoms with Crippen LogP contribution in [0.4, 0.5) is 0 Å². The number of sulfonamides is 1. The third-order valence-electron chi connectivity index (χ3n) is 4.26. The van der Waals surface area contributed by atoms with Gasteiger partial charge in [0.05, 0.1) is 0 Å². The number of hydrogen-bond donors (Lipinski definition) is 0. The van der Waals surface area contributed by atoms with E-state index in [1.165, 1.54) is 11.4 Å². The molecule has 0 fully saturated rings. The summed E-state index contributed by atoms with van der Waals surface area (Å²) >= 11 is 5.99. The number of aryl methyl sites for hydroxylation is 3. The summed E-state index contributed by atoms with van der Waals surface area (Å²) in [7, 11) is -0.522. The Balaban J connectivity index is 2.16. The smallest absolute Gasteiger partial charge is 0.249 e. The predicted molar refractivity (Wildman–Crippen MR) is 97.4 cm³/mol. The van der Waals surface area contributed by atoms with Crippen molar-refractivity contribution in [3.63, 3.8) is 0 Å². The molecule has 138 valence electrons. The molecule has 7 nitrogen and oxygen atoms in total. The summed E-state index contributed by atoms with van der Waals surface area (Å²) in [4.78, 5) is 4.44. The third-order valence-corrected chi connectivity index (χ3v) is 6.58. The van der Waals surface area contributed by atoms with Gasteiger partial charge < -0.3 is 9.09 Å². The minimum absolute atomic E-state index is 0.0770. The molecule has 0 bridgehead atoms. The lowest BCUT2D eigenvalue weighted by molar-refractivity contribution is 0.385. The normalized spacial score (nSPS) is 13.3. The SMILES string of the molecule is Cc1noc(C)c1S(=O)(=O)N(C)C(c1ccc(Cl)cc1)c1nccn1C. The van der Waals surface area contributed by atoms with Crippen LogP contribution in [0.15, 0.2) is 46.1 Å². The largest absolute Gasteiger partial charge is 0.360 e. The van der Waals surface area contributed by atoms with E-state index in [1.54, 1.807) is 55.1 Å². The fourth-order valence-electron chi connectivity index (χ4n) is 2.93. The summed E-state index contributed by atoms with van der Waals surface area (Å²) in [5.41, 5.74) is 1.07. The van der Waals surface area contributed by atoms with Gasteiger partial charge in [-0.2, -0.15) is 4.31 Å². The van der Waals surface area contributed by atoms with Gasteiger partial charge in [0.15, 0.2) is 5.76 Å². The van der Waals surface area contributed by atoms with Gasteiger partial charge in [-0.1, -0.05) is 28.9 Å². The van der Waals surface area contributed by atoms with Gasteiger partial charge in [-0.15, -0.1) is 0 Å². The monoisotopic (exact) mass is 394 g/mol. The molecule has 0 spiro atoms. The molecule has 0 saturated heterocycles. The zero-order valence-electron chi connectivity index (χ0n) is 14.8. The fraction of sp³-hybridized carbons (Fsp3) is 0.294. The molecule has 0 aliphatic carbocycles. The van der Waals surface area contributed by atoms with E-state index in [-0.39, 0.29) is 10.7 Å². The van der Waals surface area contributed by atoms with Crippen molar-refractivity contribution in [2.45, 2.75) is 24.8 Å². The van der Waals surface area contributed by atoms with Crippen LogP contribution in [0.1, 0.15) is 28.9 Å². The summed E-state index contributed by atoms with van der Waals surface area (Å²) in [6.45, 7) is 3.19. The highest BCUT2D eigenvalue weighted by Gasteiger charge is 2.36. The molecule has 2 heterocycles. The van der Waals surface area contributed by atoms with Gasteiger partial charge in [-0.05, 0) is 31.5 Å². The van der Waals surface area contributed by atoms with Crippen LogP contribution >= 0.6 is 11.6 Å². The average Bonchev–Trinajstić information content (AvgIpc) is 3.15. The first-order valence-corrected chi connectivity index (χ1v) is 9.69. The maximum atomic E-state index is 13.3. The molecular weight excluding hydrogens is 376 g/mol. The molecule has 0 aliphatic rings. The second kappa shape index (κ2) is 6.86. The Morgan fingerprint density at radius 2 is 1.88 bits per heavy atom. The highest BCUT2D eigenvalue weighted by Crippen LogP contribution is 2.33. The number of hydrogen-bond acceptors (Lipinski definition) is 5. The Morgan fingerprint density at radius 1 is 1.23 bits per heavy atom.